The number of tetrazole rings is 1. The van der Waals surface area contributed by atoms with Crippen LogP contribution in [0.25, 0.3) is 5.69 Å². The lowest BCUT2D eigenvalue weighted by Gasteiger charge is -2.41. The fourth-order valence-corrected chi connectivity index (χ4v) is 6.75. The third kappa shape index (κ3) is 8.55. The maximum atomic E-state index is 12.9. The number of aliphatic hydroxyl groups is 1. The Kier molecular flexibility index (Phi) is 11.5. The summed E-state index contributed by atoms with van der Waals surface area (Å²) in [4.78, 5) is 25.3. The molecule has 13 heteroatoms. The molecule has 258 valence electrons. The highest BCUT2D eigenvalue weighted by Crippen LogP contribution is 2.43. The van der Waals surface area contributed by atoms with Crippen LogP contribution < -0.4 is 10.6 Å². The van der Waals surface area contributed by atoms with Gasteiger partial charge in [-0.2, -0.15) is 4.68 Å². The molecule has 4 aromatic carbocycles. The molecule has 2 amide bonds. The minimum absolute atomic E-state index is 0.0388. The van der Waals surface area contributed by atoms with Crippen molar-refractivity contribution in [3.8, 4) is 5.69 Å². The van der Waals surface area contributed by atoms with Crippen LogP contribution in [-0.4, -0.2) is 62.3 Å². The molecule has 1 fully saturated rings. The molecule has 3 N–H and O–H groups in total. The number of para-hydroxylation sites is 1. The number of ether oxygens (including phenoxy) is 3. The first kappa shape index (κ1) is 34.8. The number of anilines is 1. The van der Waals surface area contributed by atoms with Crippen molar-refractivity contribution in [2.24, 2.45) is 5.92 Å². The average Bonchev–Trinajstić information content (AvgIpc) is 3.64. The lowest BCUT2D eigenvalue weighted by atomic mass is 9.91. The van der Waals surface area contributed by atoms with E-state index in [0.29, 0.717) is 23.0 Å². The number of thioether (sulfide) groups is 1. The van der Waals surface area contributed by atoms with Crippen LogP contribution in [0.2, 0.25) is 0 Å². The van der Waals surface area contributed by atoms with E-state index in [1.54, 1.807) is 16.8 Å². The van der Waals surface area contributed by atoms with Gasteiger partial charge in [0.15, 0.2) is 6.29 Å². The zero-order valence-corrected chi connectivity index (χ0v) is 28.4. The van der Waals surface area contributed by atoms with Gasteiger partial charge in [-0.15, -0.1) is 5.10 Å². The Morgan fingerprint density at radius 3 is 2.26 bits per heavy atom. The van der Waals surface area contributed by atoms with Crippen molar-refractivity contribution >= 4 is 29.4 Å². The van der Waals surface area contributed by atoms with Crippen molar-refractivity contribution in [1.29, 1.82) is 0 Å². The molecule has 12 nitrogen and oxygen atoms in total. The molecule has 1 aliphatic rings. The minimum atomic E-state index is -0.858. The van der Waals surface area contributed by atoms with Gasteiger partial charge in [-0.1, -0.05) is 104 Å². The van der Waals surface area contributed by atoms with Gasteiger partial charge in [0.1, 0.15) is 6.04 Å². The molecule has 2 heterocycles. The lowest BCUT2D eigenvalue weighted by molar-refractivity contribution is -0.268. The van der Waals surface area contributed by atoms with Gasteiger partial charge in [-0.3, -0.25) is 0 Å². The number of amides is 2. The first-order valence-corrected chi connectivity index (χ1v) is 17.2. The fourth-order valence-electron chi connectivity index (χ4n) is 5.70. The summed E-state index contributed by atoms with van der Waals surface area (Å²) < 4.78 is 19.8. The van der Waals surface area contributed by atoms with Crippen LogP contribution in [0.1, 0.15) is 41.6 Å². The van der Waals surface area contributed by atoms with Gasteiger partial charge >= 0.3 is 12.0 Å². The lowest BCUT2D eigenvalue weighted by Crippen LogP contribution is -2.45. The van der Waals surface area contributed by atoms with Crippen LogP contribution in [0.5, 0.6) is 0 Å². The molecule has 0 aliphatic carbocycles. The Labute approximate surface area is 294 Å². The molecule has 1 aromatic heterocycles. The third-order valence-corrected chi connectivity index (χ3v) is 9.46. The van der Waals surface area contributed by atoms with Crippen molar-refractivity contribution in [2.45, 2.75) is 49.6 Å². The van der Waals surface area contributed by atoms with Gasteiger partial charge in [0.05, 0.1) is 31.6 Å². The quantitative estimate of drug-likeness (QED) is 0.111. The second-order valence-electron chi connectivity index (χ2n) is 11.8. The average molecular weight is 695 g/mol. The smallest absolute Gasteiger partial charge is 0.328 e. The molecule has 5 aromatic rings. The summed E-state index contributed by atoms with van der Waals surface area (Å²) in [5, 5.41) is 28.1. The molecule has 1 aliphatic heterocycles. The Morgan fingerprint density at radius 1 is 0.900 bits per heavy atom. The first-order chi connectivity index (χ1) is 24.4. The number of benzene rings is 4. The zero-order valence-electron chi connectivity index (χ0n) is 27.6. The summed E-state index contributed by atoms with van der Waals surface area (Å²) in [6, 6.07) is 32.6. The number of methoxy groups -OCH3 is 1. The Morgan fingerprint density at radius 2 is 1.58 bits per heavy atom. The number of nitrogens with zero attached hydrogens (tertiary/aromatic N) is 4. The number of esters is 1. The monoisotopic (exact) mass is 694 g/mol. The third-order valence-electron chi connectivity index (χ3n) is 8.46. The number of hydrogen-bond acceptors (Lipinski definition) is 10. The van der Waals surface area contributed by atoms with Gasteiger partial charge in [0.25, 0.3) is 0 Å². The SMILES string of the molecule is COC(=O)[C@H](Cc1ccccc1)NC(=O)Nc1ccc([C@H]2O[C@@H](CSc3nnnn3-c3ccccc3)[C@@H](C)[C@@H](c3ccc(CO)cc3)O2)cc1. The van der Waals surface area contributed by atoms with Crippen molar-refractivity contribution in [3.05, 3.63) is 131 Å². The highest BCUT2D eigenvalue weighted by Gasteiger charge is 2.38. The van der Waals surface area contributed by atoms with E-state index in [-0.39, 0.29) is 24.7 Å². The van der Waals surface area contributed by atoms with Crippen molar-refractivity contribution in [3.63, 3.8) is 0 Å². The van der Waals surface area contributed by atoms with E-state index in [0.717, 1.165) is 27.9 Å². The summed E-state index contributed by atoms with van der Waals surface area (Å²) in [7, 11) is 1.29. The molecular formula is C37H38N6O6S. The highest BCUT2D eigenvalue weighted by molar-refractivity contribution is 7.99. The van der Waals surface area contributed by atoms with Crippen LogP contribution in [0.15, 0.2) is 114 Å². The fraction of sp³-hybridized carbons (Fsp3) is 0.270. The minimum Gasteiger partial charge on any atom is -0.467 e. The van der Waals surface area contributed by atoms with E-state index < -0.39 is 24.3 Å². The summed E-state index contributed by atoms with van der Waals surface area (Å²) in [6.07, 6.45) is -0.965. The van der Waals surface area contributed by atoms with E-state index >= 15 is 0 Å². The summed E-state index contributed by atoms with van der Waals surface area (Å²) in [5.41, 5.74) is 4.83. The molecule has 0 saturated carbocycles. The molecule has 0 radical (unpaired) electrons. The summed E-state index contributed by atoms with van der Waals surface area (Å²) >= 11 is 1.50. The van der Waals surface area contributed by atoms with Crippen LogP contribution in [0.3, 0.4) is 0 Å². The highest BCUT2D eigenvalue weighted by atomic mass is 32.2. The van der Waals surface area contributed by atoms with Crippen molar-refractivity contribution in [2.75, 3.05) is 18.2 Å². The van der Waals surface area contributed by atoms with Gasteiger partial charge in [-0.05, 0) is 51.4 Å². The van der Waals surface area contributed by atoms with Crippen LogP contribution in [0, 0.1) is 5.92 Å². The summed E-state index contributed by atoms with van der Waals surface area (Å²) in [5.74, 6) is -0.0167. The standard InChI is InChI=1S/C37H38N6O6S/c1-24-32(23-50-37-40-41-42-43(37)30-11-7-4-8-12-30)48-35(49-33(24)27-15-13-26(22-44)14-16-27)28-17-19-29(20-18-28)38-36(46)39-31(34(45)47-2)21-25-9-5-3-6-10-25/h3-20,24,31-33,35,44H,21-23H2,1-2H3,(H2,38,39,46)/t24-,31+,32+,33+,35+/m1/s1. The predicted octanol–water partition coefficient (Wildman–Crippen LogP) is 5.64. The Balaban J connectivity index is 1.16. The second kappa shape index (κ2) is 16.5. The van der Waals surface area contributed by atoms with Crippen molar-refractivity contribution in [1.82, 2.24) is 25.5 Å². The zero-order chi connectivity index (χ0) is 34.9. The molecular weight excluding hydrogens is 657 g/mol. The number of carbonyl (C=O) groups is 2. The largest absolute Gasteiger partial charge is 0.467 e. The molecule has 0 spiro atoms. The normalized spacial score (nSPS) is 19.3. The first-order valence-electron chi connectivity index (χ1n) is 16.2. The molecule has 6 rings (SSSR count). The molecule has 0 unspecified atom stereocenters. The Bertz CT molecular complexity index is 1840. The van der Waals surface area contributed by atoms with E-state index in [2.05, 4.69) is 33.1 Å². The number of nitrogens with one attached hydrogen (secondary N) is 2. The van der Waals surface area contributed by atoms with Crippen LogP contribution in [0.4, 0.5) is 10.5 Å². The van der Waals surface area contributed by atoms with Crippen LogP contribution in [-0.2, 0) is 32.0 Å². The van der Waals surface area contributed by atoms with Gasteiger partial charge in [-0.25, -0.2) is 9.59 Å². The van der Waals surface area contributed by atoms with E-state index in [4.69, 9.17) is 14.2 Å². The number of aromatic nitrogens is 4. The van der Waals surface area contributed by atoms with E-state index in [1.807, 2.05) is 97.1 Å². The molecule has 1 saturated heterocycles. The van der Waals surface area contributed by atoms with Crippen molar-refractivity contribution < 1.29 is 28.9 Å². The van der Waals surface area contributed by atoms with Gasteiger partial charge < -0.3 is 30.0 Å². The molecule has 50 heavy (non-hydrogen) atoms. The Hall–Kier alpha value is -5.08. The number of urea groups is 1. The molecule has 0 bridgehead atoms. The summed E-state index contributed by atoms with van der Waals surface area (Å²) in [6.45, 7) is 2.05. The number of aliphatic hydroxyl groups excluding tert-OH is 1. The number of carbonyl (C=O) groups excluding carboxylic acids is 2. The number of rotatable bonds is 12. The second-order valence-corrected chi connectivity index (χ2v) is 12.8. The predicted molar refractivity (Wildman–Crippen MR) is 187 cm³/mol. The topological polar surface area (TPSA) is 150 Å². The maximum Gasteiger partial charge on any atom is 0.328 e. The van der Waals surface area contributed by atoms with E-state index in [9.17, 15) is 14.7 Å². The number of hydrogen-bond donors (Lipinski definition) is 3. The van der Waals surface area contributed by atoms with E-state index in [1.165, 1.54) is 18.9 Å². The van der Waals surface area contributed by atoms with Gasteiger partial charge in [0, 0.05) is 29.3 Å². The molecule has 5 atom stereocenters. The maximum absolute atomic E-state index is 12.9. The van der Waals surface area contributed by atoms with Crippen LogP contribution >= 0.6 is 11.8 Å². The van der Waals surface area contributed by atoms with Gasteiger partial charge in [0.2, 0.25) is 5.16 Å².